The summed E-state index contributed by atoms with van der Waals surface area (Å²) < 4.78 is 31.6. The second kappa shape index (κ2) is 2.24. The molecule has 0 bridgehead atoms. The molecule has 1 radical (unpaired) electrons. The van der Waals surface area contributed by atoms with Gasteiger partial charge in [0.25, 0.3) is 0 Å². The summed E-state index contributed by atoms with van der Waals surface area (Å²) in [5.41, 5.74) is 0. The van der Waals surface area contributed by atoms with E-state index in [0.29, 0.717) is 13.1 Å². The van der Waals surface area contributed by atoms with E-state index < -0.39 is 10.3 Å². The number of hydrogen-bond acceptors (Lipinski definition) is 2. The van der Waals surface area contributed by atoms with Crippen LogP contribution in [0.5, 0.6) is 0 Å². The molecule has 1 aliphatic heterocycles. The molecule has 1 saturated heterocycles. The quantitative estimate of drug-likeness (QED) is 0.518. The van der Waals surface area contributed by atoms with E-state index in [0.717, 1.165) is 17.1 Å². The van der Waals surface area contributed by atoms with E-state index in [-0.39, 0.29) is 0 Å². The van der Waals surface area contributed by atoms with Gasteiger partial charge in [-0.2, -0.15) is 12.7 Å². The van der Waals surface area contributed by atoms with E-state index in [9.17, 15) is 13.0 Å². The van der Waals surface area contributed by atoms with Gasteiger partial charge in [-0.25, -0.2) is 0 Å². The smallest absolute Gasteiger partial charge is 0.179 e. The van der Waals surface area contributed by atoms with Crippen molar-refractivity contribution < 1.29 is 13.0 Å². The molecule has 0 unspecified atom stereocenters. The lowest BCUT2D eigenvalue weighted by molar-refractivity contribution is 0.343. The van der Waals surface area contributed by atoms with E-state index in [2.05, 4.69) is 0 Å². The molecule has 1 heterocycles. The SMILES string of the molecule is [O]S(=O)(=O)N1CCCC1. The Kier molecular flexibility index (Phi) is 1.74. The van der Waals surface area contributed by atoms with Gasteiger partial charge < -0.3 is 0 Å². The maximum Gasteiger partial charge on any atom is 0.365 e. The van der Waals surface area contributed by atoms with Gasteiger partial charge in [-0.1, -0.05) is 4.55 Å². The third kappa shape index (κ3) is 1.64. The molecule has 0 aromatic carbocycles. The molecule has 0 spiro atoms. The van der Waals surface area contributed by atoms with Crippen molar-refractivity contribution in [1.29, 1.82) is 0 Å². The van der Waals surface area contributed by atoms with Gasteiger partial charge in [0.05, 0.1) is 0 Å². The van der Waals surface area contributed by atoms with Crippen molar-refractivity contribution in [3.05, 3.63) is 0 Å². The van der Waals surface area contributed by atoms with Crippen LogP contribution in [-0.4, -0.2) is 25.8 Å². The van der Waals surface area contributed by atoms with Crippen molar-refractivity contribution in [3.63, 3.8) is 0 Å². The second-order valence-electron chi connectivity index (χ2n) is 2.06. The minimum absolute atomic E-state index is 0.409. The molecule has 0 amide bonds. The van der Waals surface area contributed by atoms with Crippen molar-refractivity contribution in [3.8, 4) is 0 Å². The first kappa shape index (κ1) is 6.98. The summed E-state index contributed by atoms with van der Waals surface area (Å²) in [6, 6.07) is 0. The van der Waals surface area contributed by atoms with E-state index >= 15 is 0 Å². The highest BCUT2D eigenvalue weighted by atomic mass is 32.2. The summed E-state index contributed by atoms with van der Waals surface area (Å²) in [6.45, 7) is 0.817. The lowest BCUT2D eigenvalue weighted by Gasteiger charge is -2.05. The van der Waals surface area contributed by atoms with Crippen molar-refractivity contribution in [2.24, 2.45) is 0 Å². The Hall–Kier alpha value is -0.130. The highest BCUT2D eigenvalue weighted by Gasteiger charge is 2.23. The maximum absolute atomic E-state index is 10.2. The van der Waals surface area contributed by atoms with Gasteiger partial charge in [0.15, 0.2) is 0 Å². The van der Waals surface area contributed by atoms with Crippen molar-refractivity contribution in [1.82, 2.24) is 4.31 Å². The molecule has 53 valence electrons. The lowest BCUT2D eigenvalue weighted by Crippen LogP contribution is -2.25. The third-order valence-corrected chi connectivity index (χ3v) is 2.38. The first-order valence-electron chi connectivity index (χ1n) is 2.82. The molecule has 4 nitrogen and oxygen atoms in total. The summed E-state index contributed by atoms with van der Waals surface area (Å²) in [5.74, 6) is 0. The Bertz CT molecular complexity index is 180. The first-order chi connectivity index (χ1) is 4.11. The van der Waals surface area contributed by atoms with Gasteiger partial charge in [0, 0.05) is 13.1 Å². The van der Waals surface area contributed by atoms with Gasteiger partial charge in [0.2, 0.25) is 0 Å². The molecule has 1 rings (SSSR count). The monoisotopic (exact) mass is 150 g/mol. The lowest BCUT2D eigenvalue weighted by atomic mass is 10.4. The molecular formula is C4H8NO3S. The van der Waals surface area contributed by atoms with Crippen LogP contribution in [0, 0.1) is 0 Å². The van der Waals surface area contributed by atoms with E-state index in [1.807, 2.05) is 0 Å². The van der Waals surface area contributed by atoms with Crippen LogP contribution in [0.4, 0.5) is 0 Å². The first-order valence-corrected chi connectivity index (χ1v) is 4.18. The van der Waals surface area contributed by atoms with Crippen LogP contribution in [-0.2, 0) is 14.9 Å². The average molecular weight is 150 g/mol. The number of rotatable bonds is 1. The van der Waals surface area contributed by atoms with Crippen LogP contribution in [0.1, 0.15) is 12.8 Å². The second-order valence-corrected chi connectivity index (χ2v) is 3.44. The zero-order valence-corrected chi connectivity index (χ0v) is 5.73. The summed E-state index contributed by atoms with van der Waals surface area (Å²) >= 11 is 0. The minimum atomic E-state index is -4.12. The molecule has 0 saturated carbocycles. The van der Waals surface area contributed by atoms with Crippen LogP contribution in [0.25, 0.3) is 0 Å². The highest BCUT2D eigenvalue weighted by molar-refractivity contribution is 7.83. The molecule has 9 heavy (non-hydrogen) atoms. The van der Waals surface area contributed by atoms with Crippen LogP contribution >= 0.6 is 0 Å². The van der Waals surface area contributed by atoms with Gasteiger partial charge in [-0.3, -0.25) is 0 Å². The van der Waals surface area contributed by atoms with Crippen molar-refractivity contribution in [2.45, 2.75) is 12.8 Å². The van der Waals surface area contributed by atoms with Crippen molar-refractivity contribution in [2.75, 3.05) is 13.1 Å². The predicted molar refractivity (Wildman–Crippen MR) is 30.4 cm³/mol. The average Bonchev–Trinajstić information content (AvgIpc) is 2.08. The molecule has 0 aromatic heterocycles. The fourth-order valence-corrected chi connectivity index (χ4v) is 1.62. The largest absolute Gasteiger partial charge is 0.365 e. The van der Waals surface area contributed by atoms with Gasteiger partial charge in [-0.15, -0.1) is 0 Å². The molecule has 0 N–H and O–H groups in total. The molecule has 0 aromatic rings. The molecule has 5 heteroatoms. The highest BCUT2D eigenvalue weighted by Crippen LogP contribution is 2.10. The van der Waals surface area contributed by atoms with Crippen LogP contribution < -0.4 is 0 Å². The molecule has 0 aliphatic carbocycles. The summed E-state index contributed by atoms with van der Waals surface area (Å²) in [5, 5.41) is 0. The molecular weight excluding hydrogens is 142 g/mol. The Labute approximate surface area is 54.4 Å². The minimum Gasteiger partial charge on any atom is -0.179 e. The Balaban J connectivity index is 2.63. The predicted octanol–water partition coefficient (Wildman–Crippen LogP) is -0.243. The van der Waals surface area contributed by atoms with E-state index in [1.165, 1.54) is 0 Å². The topological polar surface area (TPSA) is 57.3 Å². The molecule has 1 aliphatic rings. The normalized spacial score (nSPS) is 22.8. The van der Waals surface area contributed by atoms with E-state index in [4.69, 9.17) is 0 Å². The number of nitrogens with zero attached hydrogens (tertiary/aromatic N) is 1. The fraction of sp³-hybridized carbons (Fsp3) is 1.00. The maximum atomic E-state index is 10.2. The third-order valence-electron chi connectivity index (χ3n) is 1.38. The summed E-state index contributed by atoms with van der Waals surface area (Å²) in [6.07, 6.45) is 1.64. The Morgan fingerprint density at radius 1 is 1.11 bits per heavy atom. The summed E-state index contributed by atoms with van der Waals surface area (Å²) in [7, 11) is -4.12. The Morgan fingerprint density at radius 3 is 1.78 bits per heavy atom. The summed E-state index contributed by atoms with van der Waals surface area (Å²) in [4.78, 5) is 0. The van der Waals surface area contributed by atoms with Gasteiger partial charge >= 0.3 is 10.3 Å². The van der Waals surface area contributed by atoms with Crippen molar-refractivity contribution >= 4 is 10.3 Å². The Morgan fingerprint density at radius 2 is 1.56 bits per heavy atom. The molecule has 0 atom stereocenters. The number of hydrogen-bond donors (Lipinski definition) is 0. The van der Waals surface area contributed by atoms with Crippen LogP contribution in [0.3, 0.4) is 0 Å². The van der Waals surface area contributed by atoms with Crippen LogP contribution in [0.2, 0.25) is 0 Å². The zero-order valence-electron chi connectivity index (χ0n) is 4.91. The molecule has 1 fully saturated rings. The fourth-order valence-electron chi connectivity index (χ4n) is 0.912. The van der Waals surface area contributed by atoms with Gasteiger partial charge in [0.1, 0.15) is 0 Å². The zero-order chi connectivity index (χ0) is 6.91. The standard InChI is InChI=1S/C4H8NO3S/c6-9(7,8)5-3-1-2-4-5/h1-4H2. The van der Waals surface area contributed by atoms with Crippen LogP contribution in [0.15, 0.2) is 0 Å². The van der Waals surface area contributed by atoms with E-state index in [1.54, 1.807) is 0 Å². The van der Waals surface area contributed by atoms with Gasteiger partial charge in [-0.05, 0) is 12.8 Å².